The fourth-order valence-electron chi connectivity index (χ4n) is 3.25. The van der Waals surface area contributed by atoms with Crippen LogP contribution in [0.3, 0.4) is 0 Å². The quantitative estimate of drug-likeness (QED) is 0.552. The summed E-state index contributed by atoms with van der Waals surface area (Å²) in [5.74, 6) is 0.831. The molecule has 0 spiro atoms. The number of amides is 1. The van der Waals surface area contributed by atoms with E-state index in [2.05, 4.69) is 37.0 Å². The fourth-order valence-corrected chi connectivity index (χ4v) is 3.25. The van der Waals surface area contributed by atoms with E-state index in [1.54, 1.807) is 18.3 Å². The van der Waals surface area contributed by atoms with Crippen LogP contribution in [-0.4, -0.2) is 32.0 Å². The maximum atomic E-state index is 12.6. The van der Waals surface area contributed by atoms with Crippen molar-refractivity contribution in [1.29, 1.82) is 0 Å². The van der Waals surface area contributed by atoms with Crippen LogP contribution in [0.1, 0.15) is 33.1 Å². The molecule has 0 fully saturated rings. The number of nitrogens with one attached hydrogen (secondary N) is 1. The number of aromatic nitrogens is 4. The molecule has 6 heteroatoms. The lowest BCUT2D eigenvalue weighted by molar-refractivity contribution is 0.0954. The maximum absolute atomic E-state index is 12.6. The third-order valence-corrected chi connectivity index (χ3v) is 4.97. The molecule has 6 nitrogen and oxygen atoms in total. The number of fused-ring (bicyclic) bond motifs is 1. The van der Waals surface area contributed by atoms with Gasteiger partial charge in [0.05, 0.1) is 22.4 Å². The van der Waals surface area contributed by atoms with Crippen LogP contribution in [0.4, 0.5) is 0 Å². The summed E-state index contributed by atoms with van der Waals surface area (Å²) in [6, 6.07) is 15.7. The topological polar surface area (TPSA) is 72.7 Å². The Bertz CT molecular complexity index is 1150. The molecule has 0 aliphatic rings. The lowest BCUT2D eigenvalue weighted by atomic mass is 10.1. The van der Waals surface area contributed by atoms with Gasteiger partial charge in [-0.1, -0.05) is 30.3 Å². The van der Waals surface area contributed by atoms with Crippen molar-refractivity contribution in [2.45, 2.75) is 26.8 Å². The summed E-state index contributed by atoms with van der Waals surface area (Å²) in [6.07, 6.45) is 4.43. The largest absolute Gasteiger partial charge is 0.352 e. The van der Waals surface area contributed by atoms with Gasteiger partial charge in [0, 0.05) is 37.5 Å². The third-order valence-electron chi connectivity index (χ3n) is 4.97. The third kappa shape index (κ3) is 4.32. The normalized spacial score (nSPS) is 11.0. The van der Waals surface area contributed by atoms with E-state index in [4.69, 9.17) is 0 Å². The van der Waals surface area contributed by atoms with Crippen LogP contribution in [0.25, 0.3) is 11.0 Å². The van der Waals surface area contributed by atoms with Gasteiger partial charge in [-0.15, -0.1) is 0 Å². The van der Waals surface area contributed by atoms with Gasteiger partial charge in [0.1, 0.15) is 5.82 Å². The number of carbonyl (C=O) groups is 1. The lowest BCUT2D eigenvalue weighted by Gasteiger charge is -2.09. The Morgan fingerprint density at radius 2 is 1.76 bits per heavy atom. The second kappa shape index (κ2) is 8.22. The van der Waals surface area contributed by atoms with E-state index in [1.165, 1.54) is 5.56 Å². The minimum Gasteiger partial charge on any atom is -0.352 e. The first-order valence-electron chi connectivity index (χ1n) is 9.67. The maximum Gasteiger partial charge on any atom is 0.251 e. The zero-order valence-electron chi connectivity index (χ0n) is 16.6. The summed E-state index contributed by atoms with van der Waals surface area (Å²) in [5.41, 5.74) is 5.12. The molecule has 0 atom stereocenters. The predicted octanol–water partition coefficient (Wildman–Crippen LogP) is 3.46. The van der Waals surface area contributed by atoms with E-state index in [1.807, 2.05) is 44.3 Å². The number of nitrogens with zero attached hydrogens (tertiary/aromatic N) is 4. The SMILES string of the molecule is Cc1nc2ccc(C(=O)NCCc3nccn3Cc3ccccc3)cc2nc1C. The molecule has 0 bridgehead atoms. The Labute approximate surface area is 169 Å². The standard InChI is InChI=1S/C23H23N5O/c1-16-17(2)27-21-14-19(8-9-20(21)26-16)23(29)25-11-10-22-24-12-13-28(22)15-18-6-4-3-5-7-18/h3-9,12-14H,10-11,15H2,1-2H3,(H,25,29). The van der Waals surface area contributed by atoms with Gasteiger partial charge in [0.15, 0.2) is 0 Å². The van der Waals surface area contributed by atoms with Gasteiger partial charge in [-0.3, -0.25) is 4.79 Å². The van der Waals surface area contributed by atoms with Gasteiger partial charge in [-0.05, 0) is 37.6 Å². The average molecular weight is 385 g/mol. The molecule has 0 aliphatic carbocycles. The number of benzene rings is 2. The van der Waals surface area contributed by atoms with Crippen molar-refractivity contribution in [3.8, 4) is 0 Å². The van der Waals surface area contributed by atoms with Crippen LogP contribution < -0.4 is 5.32 Å². The van der Waals surface area contributed by atoms with Gasteiger partial charge in [-0.25, -0.2) is 15.0 Å². The molecule has 0 unspecified atom stereocenters. The van der Waals surface area contributed by atoms with Crippen LogP contribution >= 0.6 is 0 Å². The smallest absolute Gasteiger partial charge is 0.251 e. The summed E-state index contributed by atoms with van der Waals surface area (Å²) in [7, 11) is 0. The molecule has 29 heavy (non-hydrogen) atoms. The molecule has 4 aromatic rings. The van der Waals surface area contributed by atoms with E-state index in [0.29, 0.717) is 18.5 Å². The van der Waals surface area contributed by atoms with Gasteiger partial charge in [0.2, 0.25) is 0 Å². The van der Waals surface area contributed by atoms with E-state index >= 15 is 0 Å². The number of aryl methyl sites for hydroxylation is 2. The van der Waals surface area contributed by atoms with Crippen molar-refractivity contribution in [2.75, 3.05) is 6.54 Å². The van der Waals surface area contributed by atoms with Crippen molar-refractivity contribution >= 4 is 16.9 Å². The molecule has 0 radical (unpaired) electrons. The van der Waals surface area contributed by atoms with E-state index < -0.39 is 0 Å². The van der Waals surface area contributed by atoms with Gasteiger partial charge < -0.3 is 9.88 Å². The van der Waals surface area contributed by atoms with Crippen molar-refractivity contribution in [3.05, 3.63) is 89.3 Å². The van der Waals surface area contributed by atoms with Gasteiger partial charge >= 0.3 is 0 Å². The molecule has 2 aromatic carbocycles. The zero-order chi connectivity index (χ0) is 20.2. The number of carbonyl (C=O) groups excluding carboxylic acids is 1. The molecule has 1 amide bonds. The summed E-state index contributed by atoms with van der Waals surface area (Å²) in [5, 5.41) is 2.98. The monoisotopic (exact) mass is 385 g/mol. The Balaban J connectivity index is 1.39. The summed E-state index contributed by atoms with van der Waals surface area (Å²) in [4.78, 5) is 26.0. The highest BCUT2D eigenvalue weighted by Crippen LogP contribution is 2.14. The highest BCUT2D eigenvalue weighted by molar-refractivity contribution is 5.97. The lowest BCUT2D eigenvalue weighted by Crippen LogP contribution is -2.26. The first kappa shape index (κ1) is 18.8. The molecule has 4 rings (SSSR count). The van der Waals surface area contributed by atoms with Crippen molar-refractivity contribution in [3.63, 3.8) is 0 Å². The summed E-state index contributed by atoms with van der Waals surface area (Å²) < 4.78 is 2.11. The Morgan fingerprint density at radius 1 is 1.00 bits per heavy atom. The Morgan fingerprint density at radius 3 is 2.55 bits per heavy atom. The molecule has 2 aromatic heterocycles. The first-order valence-corrected chi connectivity index (χ1v) is 9.67. The van der Waals surface area contributed by atoms with Crippen molar-refractivity contribution in [2.24, 2.45) is 0 Å². The Hall–Kier alpha value is -3.54. The number of rotatable bonds is 6. The van der Waals surface area contributed by atoms with E-state index in [9.17, 15) is 4.79 Å². The van der Waals surface area contributed by atoms with E-state index in [-0.39, 0.29) is 5.91 Å². The highest BCUT2D eigenvalue weighted by atomic mass is 16.1. The molecule has 0 saturated carbocycles. The molecular weight excluding hydrogens is 362 g/mol. The number of hydrogen-bond acceptors (Lipinski definition) is 4. The summed E-state index contributed by atoms with van der Waals surface area (Å²) >= 11 is 0. The molecule has 146 valence electrons. The second-order valence-electron chi connectivity index (χ2n) is 7.06. The first-order chi connectivity index (χ1) is 14.1. The Kier molecular flexibility index (Phi) is 5.33. The minimum atomic E-state index is -0.118. The second-order valence-corrected chi connectivity index (χ2v) is 7.06. The molecule has 2 heterocycles. The predicted molar refractivity (Wildman–Crippen MR) is 113 cm³/mol. The van der Waals surface area contributed by atoms with Gasteiger partial charge in [-0.2, -0.15) is 0 Å². The molecule has 0 aliphatic heterocycles. The van der Waals surface area contributed by atoms with Crippen LogP contribution in [0.5, 0.6) is 0 Å². The van der Waals surface area contributed by atoms with E-state index in [0.717, 1.165) is 34.8 Å². The number of imidazole rings is 1. The summed E-state index contributed by atoms with van der Waals surface area (Å²) in [6.45, 7) is 5.14. The average Bonchev–Trinajstić information content (AvgIpc) is 3.16. The van der Waals surface area contributed by atoms with Crippen LogP contribution in [0.2, 0.25) is 0 Å². The zero-order valence-corrected chi connectivity index (χ0v) is 16.6. The number of hydrogen-bond donors (Lipinski definition) is 1. The fraction of sp³-hybridized carbons (Fsp3) is 0.217. The van der Waals surface area contributed by atoms with Crippen LogP contribution in [0.15, 0.2) is 60.9 Å². The molecular formula is C23H23N5O. The van der Waals surface area contributed by atoms with Crippen molar-refractivity contribution in [1.82, 2.24) is 24.8 Å². The van der Waals surface area contributed by atoms with Crippen molar-refractivity contribution < 1.29 is 4.79 Å². The molecule has 1 N–H and O–H groups in total. The van der Waals surface area contributed by atoms with Crippen LogP contribution in [-0.2, 0) is 13.0 Å². The minimum absolute atomic E-state index is 0.118. The van der Waals surface area contributed by atoms with Crippen LogP contribution in [0, 0.1) is 13.8 Å². The highest BCUT2D eigenvalue weighted by Gasteiger charge is 2.10. The molecule has 0 saturated heterocycles. The van der Waals surface area contributed by atoms with Gasteiger partial charge in [0.25, 0.3) is 5.91 Å².